The lowest BCUT2D eigenvalue weighted by atomic mass is 10.0. The largest absolute Gasteiger partial charge is 0.460 e. The first kappa shape index (κ1) is 17.2. The van der Waals surface area contributed by atoms with Gasteiger partial charge in [-0.15, -0.1) is 0 Å². The fourth-order valence-corrected chi connectivity index (χ4v) is 2.38. The van der Waals surface area contributed by atoms with Gasteiger partial charge in [0, 0.05) is 18.9 Å². The Morgan fingerprint density at radius 1 is 1.52 bits per heavy atom. The highest BCUT2D eigenvalue weighted by Gasteiger charge is 2.40. The van der Waals surface area contributed by atoms with Gasteiger partial charge in [0.25, 0.3) is 0 Å². The fourth-order valence-electron chi connectivity index (χ4n) is 2.38. The minimum absolute atomic E-state index is 0.166. The molecule has 0 bridgehead atoms. The molecule has 0 saturated carbocycles. The number of carbonyl (C=O) groups excluding carboxylic acids is 1. The highest BCUT2D eigenvalue weighted by atomic mass is 16.7. The number of rotatable bonds is 3. The standard InChI is InChI=1S/C19H22O4/c1-4-5-6-7-8-16-9-11-19(23-16)12-10-17(14-21-19)22-18(20)13-15(2)3/h8-9,11,15,17H,10,12-14H2,1-3H3/b16-8-/t17-,19-/m1/s1. The van der Waals surface area contributed by atoms with E-state index in [1.807, 2.05) is 26.0 Å². The Bertz CT molecular complexity index is 611. The quantitative estimate of drug-likeness (QED) is 0.593. The Morgan fingerprint density at radius 3 is 3.00 bits per heavy atom. The van der Waals surface area contributed by atoms with Gasteiger partial charge in [0.1, 0.15) is 11.9 Å². The summed E-state index contributed by atoms with van der Waals surface area (Å²) in [7, 11) is 0. The van der Waals surface area contributed by atoms with Crippen LogP contribution in [0.3, 0.4) is 0 Å². The number of hydrogen-bond acceptors (Lipinski definition) is 4. The van der Waals surface area contributed by atoms with E-state index in [4.69, 9.17) is 14.2 Å². The van der Waals surface area contributed by atoms with Crippen molar-refractivity contribution in [2.45, 2.75) is 51.9 Å². The van der Waals surface area contributed by atoms with Gasteiger partial charge in [0.2, 0.25) is 5.79 Å². The molecule has 2 aliphatic rings. The Morgan fingerprint density at radius 2 is 2.35 bits per heavy atom. The molecule has 1 fully saturated rings. The number of ether oxygens (including phenoxy) is 3. The molecule has 4 heteroatoms. The van der Waals surface area contributed by atoms with E-state index >= 15 is 0 Å². The van der Waals surface area contributed by atoms with Crippen molar-refractivity contribution in [1.29, 1.82) is 0 Å². The van der Waals surface area contributed by atoms with Crippen LogP contribution in [0.5, 0.6) is 0 Å². The molecular formula is C19H22O4. The Hall–Kier alpha value is -2.17. The SMILES string of the molecule is CC#CC#C/C=C1/C=C[C@]2(CC[C@@H](OC(=O)CC(C)C)CO2)O1. The molecule has 0 amide bonds. The lowest BCUT2D eigenvalue weighted by molar-refractivity contribution is -0.221. The second-order valence-corrected chi connectivity index (χ2v) is 6.00. The molecule has 23 heavy (non-hydrogen) atoms. The van der Waals surface area contributed by atoms with Gasteiger partial charge in [0.05, 0.1) is 6.61 Å². The van der Waals surface area contributed by atoms with Gasteiger partial charge < -0.3 is 14.2 Å². The van der Waals surface area contributed by atoms with Gasteiger partial charge in [-0.25, -0.2) is 0 Å². The average Bonchev–Trinajstić information content (AvgIpc) is 2.89. The van der Waals surface area contributed by atoms with Crippen LogP contribution in [-0.2, 0) is 19.0 Å². The molecule has 0 aromatic heterocycles. The zero-order valence-electron chi connectivity index (χ0n) is 13.8. The maximum absolute atomic E-state index is 11.7. The van der Waals surface area contributed by atoms with Crippen LogP contribution >= 0.6 is 0 Å². The van der Waals surface area contributed by atoms with Crippen LogP contribution in [0.15, 0.2) is 24.0 Å². The molecule has 0 radical (unpaired) electrons. The lowest BCUT2D eigenvalue weighted by Crippen LogP contribution is -2.41. The zero-order chi connectivity index (χ0) is 16.7. The molecule has 1 spiro atoms. The van der Waals surface area contributed by atoms with E-state index in [0.717, 1.165) is 0 Å². The van der Waals surface area contributed by atoms with Crippen LogP contribution in [0.2, 0.25) is 0 Å². The third kappa shape index (κ3) is 5.20. The summed E-state index contributed by atoms with van der Waals surface area (Å²) in [5, 5.41) is 0. The zero-order valence-corrected chi connectivity index (χ0v) is 13.8. The summed E-state index contributed by atoms with van der Waals surface area (Å²) in [5.74, 6) is 10.9. The van der Waals surface area contributed by atoms with Gasteiger partial charge in [-0.1, -0.05) is 25.7 Å². The summed E-state index contributed by atoms with van der Waals surface area (Å²) >= 11 is 0. The Labute approximate surface area is 137 Å². The van der Waals surface area contributed by atoms with Gasteiger partial charge in [-0.2, -0.15) is 0 Å². The highest BCUT2D eigenvalue weighted by molar-refractivity contribution is 5.69. The lowest BCUT2D eigenvalue weighted by Gasteiger charge is -2.35. The third-order valence-electron chi connectivity index (χ3n) is 3.47. The molecule has 2 atom stereocenters. The van der Waals surface area contributed by atoms with E-state index in [0.29, 0.717) is 37.5 Å². The number of carbonyl (C=O) groups is 1. The van der Waals surface area contributed by atoms with E-state index in [1.165, 1.54) is 0 Å². The summed E-state index contributed by atoms with van der Waals surface area (Å²) < 4.78 is 17.1. The minimum Gasteiger partial charge on any atom is -0.460 e. The van der Waals surface area contributed by atoms with Gasteiger partial charge >= 0.3 is 5.97 Å². The van der Waals surface area contributed by atoms with Crippen LogP contribution in [0.4, 0.5) is 0 Å². The van der Waals surface area contributed by atoms with Crippen molar-refractivity contribution in [2.24, 2.45) is 5.92 Å². The van der Waals surface area contributed by atoms with Crippen LogP contribution < -0.4 is 0 Å². The highest BCUT2D eigenvalue weighted by Crippen LogP contribution is 2.35. The monoisotopic (exact) mass is 314 g/mol. The molecule has 1 saturated heterocycles. The maximum Gasteiger partial charge on any atom is 0.306 e. The molecular weight excluding hydrogens is 292 g/mol. The molecule has 2 heterocycles. The van der Waals surface area contributed by atoms with Gasteiger partial charge in [-0.3, -0.25) is 4.79 Å². The maximum atomic E-state index is 11.7. The average molecular weight is 314 g/mol. The molecule has 0 aromatic rings. The summed E-state index contributed by atoms with van der Waals surface area (Å²) in [6.07, 6.45) is 7.00. The van der Waals surface area contributed by atoms with Crippen LogP contribution in [0.1, 0.15) is 40.0 Å². The molecule has 0 aliphatic carbocycles. The minimum atomic E-state index is -0.745. The molecule has 2 rings (SSSR count). The molecule has 2 aliphatic heterocycles. The van der Waals surface area contributed by atoms with E-state index < -0.39 is 5.79 Å². The smallest absolute Gasteiger partial charge is 0.306 e. The van der Waals surface area contributed by atoms with Gasteiger partial charge in [-0.05, 0) is 43.3 Å². The molecule has 0 unspecified atom stereocenters. The molecule has 0 aromatic carbocycles. The summed E-state index contributed by atoms with van der Waals surface area (Å²) in [6.45, 7) is 6.07. The summed E-state index contributed by atoms with van der Waals surface area (Å²) in [5.41, 5.74) is 0. The van der Waals surface area contributed by atoms with Crippen molar-refractivity contribution in [3.8, 4) is 23.7 Å². The third-order valence-corrected chi connectivity index (χ3v) is 3.47. The van der Waals surface area contributed by atoms with E-state index in [1.54, 1.807) is 13.0 Å². The van der Waals surface area contributed by atoms with Crippen molar-refractivity contribution >= 4 is 5.97 Å². The van der Waals surface area contributed by atoms with Crippen molar-refractivity contribution in [1.82, 2.24) is 0 Å². The molecule has 0 N–H and O–H groups in total. The normalized spacial score (nSPS) is 27.1. The Balaban J connectivity index is 1.83. The van der Waals surface area contributed by atoms with E-state index in [2.05, 4.69) is 23.7 Å². The fraction of sp³-hybridized carbons (Fsp3) is 0.526. The van der Waals surface area contributed by atoms with Crippen molar-refractivity contribution < 1.29 is 19.0 Å². The first-order valence-electron chi connectivity index (χ1n) is 7.87. The predicted molar refractivity (Wildman–Crippen MR) is 86.8 cm³/mol. The summed E-state index contributed by atoms with van der Waals surface area (Å²) in [4.78, 5) is 11.7. The first-order chi connectivity index (χ1) is 11.0. The van der Waals surface area contributed by atoms with E-state index in [9.17, 15) is 4.79 Å². The van der Waals surface area contributed by atoms with Crippen molar-refractivity contribution in [3.05, 3.63) is 24.0 Å². The number of esters is 1. The number of hydrogen-bond donors (Lipinski definition) is 0. The number of allylic oxidation sites excluding steroid dienone is 2. The first-order valence-corrected chi connectivity index (χ1v) is 7.87. The second-order valence-electron chi connectivity index (χ2n) is 6.00. The Kier molecular flexibility index (Phi) is 5.90. The predicted octanol–water partition coefficient (Wildman–Crippen LogP) is 2.95. The van der Waals surface area contributed by atoms with Gasteiger partial charge in [0.15, 0.2) is 0 Å². The topological polar surface area (TPSA) is 44.8 Å². The second kappa shape index (κ2) is 7.90. The van der Waals surface area contributed by atoms with Crippen molar-refractivity contribution in [3.63, 3.8) is 0 Å². The van der Waals surface area contributed by atoms with E-state index in [-0.39, 0.29) is 12.1 Å². The van der Waals surface area contributed by atoms with Crippen molar-refractivity contribution in [2.75, 3.05) is 6.61 Å². The molecule has 122 valence electrons. The summed E-state index contributed by atoms with van der Waals surface area (Å²) in [6, 6.07) is 0. The molecule has 4 nitrogen and oxygen atoms in total. The van der Waals surface area contributed by atoms with Crippen LogP contribution in [0.25, 0.3) is 0 Å². The van der Waals surface area contributed by atoms with Crippen LogP contribution in [-0.4, -0.2) is 24.5 Å². The van der Waals surface area contributed by atoms with Crippen LogP contribution in [0, 0.1) is 29.6 Å².